The van der Waals surface area contributed by atoms with E-state index in [1.807, 2.05) is 36.4 Å². The van der Waals surface area contributed by atoms with E-state index < -0.39 is 17.5 Å². The molecule has 1 unspecified atom stereocenters. The highest BCUT2D eigenvalue weighted by molar-refractivity contribution is 6.15. The van der Waals surface area contributed by atoms with E-state index >= 15 is 0 Å². The average Bonchev–Trinajstić information content (AvgIpc) is 3.56. The summed E-state index contributed by atoms with van der Waals surface area (Å²) >= 11 is 0. The van der Waals surface area contributed by atoms with E-state index in [1.54, 1.807) is 31.2 Å². The quantitative estimate of drug-likeness (QED) is 0.380. The smallest absolute Gasteiger partial charge is 0.322 e. The summed E-state index contributed by atoms with van der Waals surface area (Å²) < 4.78 is 5.56. The van der Waals surface area contributed by atoms with Crippen molar-refractivity contribution in [3.8, 4) is 11.3 Å². The summed E-state index contributed by atoms with van der Waals surface area (Å²) in [5.74, 6) is -0.487. The average molecular weight is 467 g/mol. The van der Waals surface area contributed by atoms with Gasteiger partial charge in [0.2, 0.25) is 0 Å². The molecule has 35 heavy (non-hydrogen) atoms. The molecule has 1 aliphatic heterocycles. The zero-order chi connectivity index (χ0) is 24.2. The third-order valence-electron chi connectivity index (χ3n) is 6.50. The van der Waals surface area contributed by atoms with Crippen molar-refractivity contribution in [3.05, 3.63) is 77.5 Å². The summed E-state index contributed by atoms with van der Waals surface area (Å²) in [5, 5.41) is 12.6. The molecule has 4 amide bonds. The van der Waals surface area contributed by atoms with Crippen molar-refractivity contribution in [3.63, 3.8) is 0 Å². The predicted octanol–water partition coefficient (Wildman–Crippen LogP) is 4.07. The Balaban J connectivity index is 1.40. The lowest BCUT2D eigenvalue weighted by Gasteiger charge is -2.21. The van der Waals surface area contributed by atoms with Crippen molar-refractivity contribution >= 4 is 34.6 Å². The van der Waals surface area contributed by atoms with Crippen molar-refractivity contribution in [2.24, 2.45) is 0 Å². The van der Waals surface area contributed by atoms with Crippen LogP contribution in [0.2, 0.25) is 0 Å². The van der Waals surface area contributed by atoms with E-state index in [-0.39, 0.29) is 5.91 Å². The largest absolute Gasteiger partial charge is 0.335 e. The molecule has 0 bridgehead atoms. The Morgan fingerprint density at radius 2 is 1.89 bits per heavy atom. The van der Waals surface area contributed by atoms with Crippen LogP contribution in [0.3, 0.4) is 0 Å². The van der Waals surface area contributed by atoms with Gasteiger partial charge in [-0.15, -0.1) is 0 Å². The number of nitrogens with one attached hydrogen (secondary N) is 3. The first-order chi connectivity index (χ1) is 16.9. The van der Waals surface area contributed by atoms with Crippen LogP contribution in [0.1, 0.15) is 47.3 Å². The zero-order valence-electron chi connectivity index (χ0n) is 18.8. The Morgan fingerprint density at radius 3 is 2.60 bits per heavy atom. The van der Waals surface area contributed by atoms with Gasteiger partial charge in [0, 0.05) is 22.9 Å². The molecule has 1 saturated heterocycles. The summed E-state index contributed by atoms with van der Waals surface area (Å²) in [6, 6.07) is 17.6. The standard InChI is InChI=1S/C26H21N5O4/c1-26(24(33)29-25(34)30-26)16-8-5-9-17(12-16)27-22(32)18-13-19(14-10-11-14)28-23-20(18)21(31-35-23)15-6-3-2-4-7-15/h2-9,12-14H,10-11H2,1H3,(H,27,32)(H2,29,30,33,34). The number of amides is 4. The lowest BCUT2D eigenvalue weighted by atomic mass is 9.92. The molecule has 6 rings (SSSR count). The Labute approximate surface area is 199 Å². The maximum Gasteiger partial charge on any atom is 0.322 e. The molecule has 2 aromatic carbocycles. The molecule has 0 radical (unpaired) electrons. The van der Waals surface area contributed by atoms with Crippen molar-refractivity contribution in [1.82, 2.24) is 20.8 Å². The van der Waals surface area contributed by atoms with Gasteiger partial charge in [0.05, 0.1) is 10.9 Å². The third-order valence-corrected chi connectivity index (χ3v) is 6.50. The maximum absolute atomic E-state index is 13.6. The van der Waals surface area contributed by atoms with Crippen LogP contribution in [0.4, 0.5) is 10.5 Å². The highest BCUT2D eigenvalue weighted by Crippen LogP contribution is 2.41. The number of urea groups is 1. The second-order valence-electron chi connectivity index (χ2n) is 9.01. The molecule has 3 heterocycles. The molecule has 0 spiro atoms. The Bertz CT molecular complexity index is 1510. The first kappa shape index (κ1) is 21.0. The minimum atomic E-state index is -1.23. The van der Waals surface area contributed by atoms with Crippen LogP contribution in [-0.2, 0) is 10.3 Å². The van der Waals surface area contributed by atoms with Gasteiger partial charge in [0.15, 0.2) is 0 Å². The summed E-state index contributed by atoms with van der Waals surface area (Å²) in [4.78, 5) is 42.3. The first-order valence-electron chi connectivity index (χ1n) is 11.3. The Hall–Kier alpha value is -4.53. The molecule has 1 aliphatic carbocycles. The van der Waals surface area contributed by atoms with Gasteiger partial charge < -0.3 is 15.2 Å². The van der Waals surface area contributed by atoms with E-state index in [1.165, 1.54) is 0 Å². The normalized spacial score (nSPS) is 19.5. The molecule has 9 heteroatoms. The molecule has 2 fully saturated rings. The number of rotatable bonds is 5. The van der Waals surface area contributed by atoms with Crippen LogP contribution in [0.5, 0.6) is 0 Å². The number of aromatic nitrogens is 2. The van der Waals surface area contributed by atoms with E-state index in [0.717, 1.165) is 24.1 Å². The van der Waals surface area contributed by atoms with Crippen molar-refractivity contribution in [2.45, 2.75) is 31.2 Å². The van der Waals surface area contributed by atoms with Gasteiger partial charge in [-0.3, -0.25) is 14.9 Å². The highest BCUT2D eigenvalue weighted by atomic mass is 16.5. The number of anilines is 1. The van der Waals surface area contributed by atoms with Crippen LogP contribution in [0.15, 0.2) is 65.2 Å². The SMILES string of the molecule is CC1(c2cccc(NC(=O)c3cc(C4CC4)nc4onc(-c5ccccc5)c34)c2)NC(=O)NC1=O. The Morgan fingerprint density at radius 1 is 1.09 bits per heavy atom. The molecule has 3 N–H and O–H groups in total. The van der Waals surface area contributed by atoms with E-state index in [0.29, 0.717) is 39.5 Å². The number of benzene rings is 2. The fourth-order valence-corrected chi connectivity index (χ4v) is 4.38. The molecule has 9 nitrogen and oxygen atoms in total. The van der Waals surface area contributed by atoms with Crippen LogP contribution < -0.4 is 16.0 Å². The molecule has 4 aromatic rings. The molecule has 2 aromatic heterocycles. The van der Waals surface area contributed by atoms with E-state index in [9.17, 15) is 14.4 Å². The monoisotopic (exact) mass is 467 g/mol. The van der Waals surface area contributed by atoms with Gasteiger partial charge in [-0.1, -0.05) is 47.6 Å². The van der Waals surface area contributed by atoms with Gasteiger partial charge in [-0.25, -0.2) is 9.78 Å². The lowest BCUT2D eigenvalue weighted by molar-refractivity contribution is -0.123. The topological polar surface area (TPSA) is 126 Å². The number of fused-ring (bicyclic) bond motifs is 1. The first-order valence-corrected chi connectivity index (χ1v) is 11.3. The van der Waals surface area contributed by atoms with Crippen LogP contribution in [0.25, 0.3) is 22.4 Å². The lowest BCUT2D eigenvalue weighted by Crippen LogP contribution is -2.40. The number of hydrogen-bond acceptors (Lipinski definition) is 6. The van der Waals surface area contributed by atoms with Gasteiger partial charge in [0.1, 0.15) is 11.2 Å². The van der Waals surface area contributed by atoms with Crippen LogP contribution >= 0.6 is 0 Å². The summed E-state index contributed by atoms with van der Waals surface area (Å²) in [5.41, 5.74) is 2.72. The predicted molar refractivity (Wildman–Crippen MR) is 128 cm³/mol. The van der Waals surface area contributed by atoms with Crippen molar-refractivity contribution in [2.75, 3.05) is 5.32 Å². The van der Waals surface area contributed by atoms with E-state index in [2.05, 4.69) is 26.1 Å². The van der Waals surface area contributed by atoms with Crippen molar-refractivity contribution in [1.29, 1.82) is 0 Å². The van der Waals surface area contributed by atoms with Gasteiger partial charge in [0.25, 0.3) is 17.5 Å². The summed E-state index contributed by atoms with van der Waals surface area (Å²) in [6.07, 6.45) is 2.04. The fraction of sp³-hybridized carbons (Fsp3) is 0.192. The second kappa shape index (κ2) is 7.76. The number of imide groups is 1. The minimum Gasteiger partial charge on any atom is -0.335 e. The minimum absolute atomic E-state index is 0.309. The highest BCUT2D eigenvalue weighted by Gasteiger charge is 2.43. The fourth-order valence-electron chi connectivity index (χ4n) is 4.38. The molecular weight excluding hydrogens is 446 g/mol. The van der Waals surface area contributed by atoms with Crippen molar-refractivity contribution < 1.29 is 18.9 Å². The molecule has 1 atom stereocenters. The molecule has 1 saturated carbocycles. The number of carbonyl (C=O) groups excluding carboxylic acids is 3. The van der Waals surface area contributed by atoms with Gasteiger partial charge in [-0.05, 0) is 43.5 Å². The number of pyridine rings is 1. The number of nitrogens with zero attached hydrogens (tertiary/aromatic N) is 2. The maximum atomic E-state index is 13.6. The van der Waals surface area contributed by atoms with Gasteiger partial charge >= 0.3 is 6.03 Å². The zero-order valence-corrected chi connectivity index (χ0v) is 18.8. The molecule has 2 aliphatic rings. The summed E-state index contributed by atoms with van der Waals surface area (Å²) in [7, 11) is 0. The van der Waals surface area contributed by atoms with Crippen LogP contribution in [-0.4, -0.2) is 28.0 Å². The second-order valence-corrected chi connectivity index (χ2v) is 9.01. The molecular formula is C26H21N5O4. The molecule has 174 valence electrons. The van der Waals surface area contributed by atoms with E-state index in [4.69, 9.17) is 4.52 Å². The number of carbonyl (C=O) groups is 3. The summed E-state index contributed by atoms with van der Waals surface area (Å²) in [6.45, 7) is 1.62. The third kappa shape index (κ3) is 3.61. The van der Waals surface area contributed by atoms with Crippen LogP contribution in [0, 0.1) is 0 Å². The Kier molecular flexibility index (Phi) is 4.67. The number of hydrogen-bond donors (Lipinski definition) is 3. The van der Waals surface area contributed by atoms with Gasteiger partial charge in [-0.2, -0.15) is 0 Å².